The Labute approximate surface area is 235 Å². The predicted molar refractivity (Wildman–Crippen MR) is 156 cm³/mol. The van der Waals surface area contributed by atoms with Crippen LogP contribution in [-0.2, 0) is 0 Å². The molecule has 2 nitrogen and oxygen atoms in total. The number of aryl methyl sites for hydroxylation is 4. The van der Waals surface area contributed by atoms with Gasteiger partial charge in [-0.2, -0.15) is 0 Å². The summed E-state index contributed by atoms with van der Waals surface area (Å²) in [6.45, 7) is -7.21. The molecule has 0 aliphatic carbocycles. The molecule has 0 unspecified atom stereocenters. The van der Waals surface area contributed by atoms with Crippen LogP contribution < -0.4 is 0 Å². The highest BCUT2D eigenvalue weighted by Crippen LogP contribution is 2.39. The lowest BCUT2D eigenvalue weighted by Gasteiger charge is -2.17. The number of pyridine rings is 1. The first-order valence-corrected chi connectivity index (χ1v) is 11.9. The number of aromatic nitrogens is 1. The van der Waals surface area contributed by atoms with Crippen LogP contribution in [0, 0.1) is 41.3 Å². The van der Waals surface area contributed by atoms with Crippen LogP contribution in [0.4, 0.5) is 0 Å². The van der Waals surface area contributed by atoms with E-state index in [0.29, 0.717) is 33.1 Å². The van der Waals surface area contributed by atoms with Crippen molar-refractivity contribution in [2.24, 2.45) is 0 Å². The monoisotopic (exact) mass is 493 g/mol. The highest BCUT2D eigenvalue weighted by Gasteiger charge is 2.17. The van der Waals surface area contributed by atoms with E-state index in [-0.39, 0.29) is 39.1 Å². The van der Waals surface area contributed by atoms with Crippen molar-refractivity contribution < 1.29 is 20.9 Å². The molecule has 0 saturated carbocycles. The minimum absolute atomic E-state index is 0.00777. The van der Waals surface area contributed by atoms with Gasteiger partial charge in [0.25, 0.3) is 0 Å². The fourth-order valence-corrected chi connectivity index (χ4v) is 4.99. The SMILES string of the molecule is [2H]C([2H])([2H])c1ccc2c(c1)oc1c(-c3cc(-c4ccc(-c5ccc(C)cc5C)c(C([2H])([2H])[2H])c4C([2H])([2H])[2H])c(C([2H])([2H])[2H])cn3)cccc12. The van der Waals surface area contributed by atoms with Crippen LogP contribution >= 0.6 is 0 Å². The summed E-state index contributed by atoms with van der Waals surface area (Å²) < 4.78 is 106. The Morgan fingerprint density at radius 2 is 1.41 bits per heavy atom. The molecule has 0 fully saturated rings. The summed E-state index contributed by atoms with van der Waals surface area (Å²) in [5.74, 6) is 0. The standard InChI is InChI=1S/C35H31NO/c1-20-10-12-26(22(3)16-20)27-14-15-28(25(6)24(27)5)32-18-33(36-19-23(32)4)31-9-7-8-30-29-13-11-21(2)17-34(29)37-35(30)31/h7-19H,1-6H3/i2D3,4D3,5D3,6D3. The van der Waals surface area contributed by atoms with Crippen LogP contribution in [-0.4, -0.2) is 4.98 Å². The van der Waals surface area contributed by atoms with Crippen molar-refractivity contribution in [2.75, 3.05) is 0 Å². The number of benzene rings is 4. The van der Waals surface area contributed by atoms with E-state index in [9.17, 15) is 0 Å². The molecule has 0 spiro atoms. The Morgan fingerprint density at radius 1 is 0.622 bits per heavy atom. The lowest BCUT2D eigenvalue weighted by atomic mass is 9.87. The molecule has 0 aliphatic rings. The first kappa shape index (κ1) is 13.4. The van der Waals surface area contributed by atoms with Crippen LogP contribution in [0.5, 0.6) is 0 Å². The van der Waals surface area contributed by atoms with Gasteiger partial charge in [0.15, 0.2) is 0 Å². The van der Waals surface area contributed by atoms with Gasteiger partial charge in [0.1, 0.15) is 11.2 Å². The van der Waals surface area contributed by atoms with Crippen LogP contribution in [0.15, 0.2) is 83.4 Å². The zero-order valence-electron chi connectivity index (χ0n) is 32.4. The maximum Gasteiger partial charge on any atom is 0.144 e. The van der Waals surface area contributed by atoms with E-state index in [4.69, 9.17) is 20.9 Å². The number of fused-ring (bicyclic) bond motifs is 3. The number of rotatable bonds is 3. The first-order valence-electron chi connectivity index (χ1n) is 17.9. The van der Waals surface area contributed by atoms with E-state index in [0.717, 1.165) is 17.3 Å². The van der Waals surface area contributed by atoms with Crippen LogP contribution in [0.1, 0.15) is 49.8 Å². The Kier molecular flexibility index (Phi) is 3.16. The number of hydrogen-bond acceptors (Lipinski definition) is 2. The fourth-order valence-electron chi connectivity index (χ4n) is 4.99. The summed E-state index contributed by atoms with van der Waals surface area (Å²) >= 11 is 0. The van der Waals surface area contributed by atoms with Gasteiger partial charge in [-0.25, -0.2) is 0 Å². The zero-order valence-corrected chi connectivity index (χ0v) is 20.4. The summed E-state index contributed by atoms with van der Waals surface area (Å²) in [5.41, 5.74) is 2.82. The third-order valence-electron chi connectivity index (χ3n) is 6.85. The van der Waals surface area contributed by atoms with Gasteiger partial charge in [-0.15, -0.1) is 0 Å². The molecular weight excluding hydrogens is 450 g/mol. The fraction of sp³-hybridized carbons (Fsp3) is 0.171. The molecule has 0 atom stereocenters. The maximum atomic E-state index is 8.58. The molecule has 182 valence electrons. The van der Waals surface area contributed by atoms with Crippen molar-refractivity contribution in [1.82, 2.24) is 4.98 Å². The van der Waals surface area contributed by atoms with Crippen molar-refractivity contribution in [2.45, 2.75) is 41.3 Å². The van der Waals surface area contributed by atoms with Gasteiger partial charge in [-0.1, -0.05) is 60.2 Å². The van der Waals surface area contributed by atoms with Gasteiger partial charge in [0.05, 0.1) is 5.69 Å². The van der Waals surface area contributed by atoms with Crippen molar-refractivity contribution in [3.8, 4) is 33.5 Å². The molecule has 6 rings (SSSR count). The lowest BCUT2D eigenvalue weighted by molar-refractivity contribution is 0.669. The molecule has 4 aromatic carbocycles. The summed E-state index contributed by atoms with van der Waals surface area (Å²) in [7, 11) is 0. The maximum absolute atomic E-state index is 8.58. The predicted octanol–water partition coefficient (Wildman–Crippen LogP) is 9.83. The summed E-state index contributed by atoms with van der Waals surface area (Å²) in [5, 5.41) is 1.33. The molecule has 0 bridgehead atoms. The average Bonchev–Trinajstić information content (AvgIpc) is 3.37. The minimum Gasteiger partial charge on any atom is -0.455 e. The summed E-state index contributed by atoms with van der Waals surface area (Å²) in [4.78, 5) is 4.46. The Bertz CT molecular complexity index is 2250. The van der Waals surface area contributed by atoms with Gasteiger partial charge in [-0.05, 0) is 110 Å². The smallest absolute Gasteiger partial charge is 0.144 e. The van der Waals surface area contributed by atoms with Crippen LogP contribution in [0.2, 0.25) is 0 Å². The number of nitrogens with zero attached hydrogens (tertiary/aromatic N) is 1. The largest absolute Gasteiger partial charge is 0.455 e. The highest BCUT2D eigenvalue weighted by atomic mass is 16.3. The molecule has 2 heteroatoms. The lowest BCUT2D eigenvalue weighted by Crippen LogP contribution is -1.96. The molecule has 2 aromatic heterocycles. The summed E-state index contributed by atoms with van der Waals surface area (Å²) in [6, 6.07) is 19.8. The molecular formula is C35H31NO. The Morgan fingerprint density at radius 3 is 2.16 bits per heavy atom. The van der Waals surface area contributed by atoms with E-state index in [1.165, 1.54) is 30.3 Å². The second-order valence-corrected chi connectivity index (χ2v) is 9.34. The van der Waals surface area contributed by atoms with E-state index < -0.39 is 33.0 Å². The quantitative estimate of drug-likeness (QED) is 0.245. The van der Waals surface area contributed by atoms with Gasteiger partial charge < -0.3 is 4.42 Å². The third-order valence-corrected chi connectivity index (χ3v) is 6.85. The van der Waals surface area contributed by atoms with Crippen LogP contribution in [0.25, 0.3) is 55.4 Å². The number of para-hydroxylation sites is 1. The van der Waals surface area contributed by atoms with E-state index >= 15 is 0 Å². The molecule has 0 aliphatic heterocycles. The van der Waals surface area contributed by atoms with Gasteiger partial charge in [0.2, 0.25) is 0 Å². The third kappa shape index (κ3) is 3.84. The van der Waals surface area contributed by atoms with Gasteiger partial charge >= 0.3 is 0 Å². The minimum atomic E-state index is -2.96. The molecule has 0 radical (unpaired) electrons. The number of furan rings is 1. The van der Waals surface area contributed by atoms with Gasteiger partial charge in [0, 0.05) is 39.0 Å². The average molecular weight is 494 g/mol. The molecule has 0 amide bonds. The number of hydrogen-bond donors (Lipinski definition) is 0. The second kappa shape index (κ2) is 8.74. The van der Waals surface area contributed by atoms with E-state index in [1.54, 1.807) is 30.3 Å². The van der Waals surface area contributed by atoms with Crippen molar-refractivity contribution in [3.63, 3.8) is 0 Å². The first-order chi connectivity index (χ1) is 22.7. The molecule has 0 N–H and O–H groups in total. The van der Waals surface area contributed by atoms with Crippen molar-refractivity contribution in [3.05, 3.63) is 112 Å². The van der Waals surface area contributed by atoms with Crippen LogP contribution in [0.3, 0.4) is 0 Å². The topological polar surface area (TPSA) is 26.0 Å². The molecule has 0 saturated heterocycles. The molecule has 6 aromatic rings. The van der Waals surface area contributed by atoms with E-state index in [2.05, 4.69) is 4.98 Å². The normalized spacial score (nSPS) is 17.7. The Hall–Kier alpha value is -4.17. The van der Waals surface area contributed by atoms with Gasteiger partial charge in [-0.3, -0.25) is 4.98 Å². The van der Waals surface area contributed by atoms with Crippen molar-refractivity contribution in [1.29, 1.82) is 0 Å². The molecule has 37 heavy (non-hydrogen) atoms. The second-order valence-electron chi connectivity index (χ2n) is 9.34. The van der Waals surface area contributed by atoms with Crippen molar-refractivity contribution >= 4 is 21.9 Å². The zero-order chi connectivity index (χ0) is 35.8. The van der Waals surface area contributed by atoms with E-state index in [1.807, 2.05) is 26.0 Å². The highest BCUT2D eigenvalue weighted by molar-refractivity contribution is 6.09. The summed E-state index contributed by atoms with van der Waals surface area (Å²) in [6.07, 6.45) is 1.15. The Balaban J connectivity index is 1.66. The molecule has 2 heterocycles.